The van der Waals surface area contributed by atoms with Gasteiger partial charge >= 0.3 is 5.97 Å². The Morgan fingerprint density at radius 1 is 1.18 bits per heavy atom. The van der Waals surface area contributed by atoms with Gasteiger partial charge in [0.1, 0.15) is 5.56 Å². The first-order valence-electron chi connectivity index (χ1n) is 8.81. The Balaban J connectivity index is 1.76. The summed E-state index contributed by atoms with van der Waals surface area (Å²) >= 11 is 1.62. The number of esters is 1. The van der Waals surface area contributed by atoms with Crippen LogP contribution in [0.1, 0.15) is 33.3 Å². The average molecular weight is 395 g/mol. The average Bonchev–Trinajstić information content (AvgIpc) is 3.10. The molecule has 1 aromatic heterocycles. The van der Waals surface area contributed by atoms with Crippen molar-refractivity contribution in [3.8, 4) is 5.69 Å². The summed E-state index contributed by atoms with van der Waals surface area (Å²) in [6, 6.07) is 14.7. The summed E-state index contributed by atoms with van der Waals surface area (Å²) in [4.78, 5) is 25.5. The lowest BCUT2D eigenvalue weighted by Gasteiger charge is -2.09. The van der Waals surface area contributed by atoms with Crippen LogP contribution in [0.2, 0.25) is 0 Å². The molecule has 0 saturated heterocycles. The number of hydrogen-bond donors (Lipinski definition) is 1. The number of anilines is 1. The van der Waals surface area contributed by atoms with E-state index in [1.54, 1.807) is 54.6 Å². The molecule has 0 fully saturated rings. The number of carbonyl (C=O) groups is 2. The van der Waals surface area contributed by atoms with E-state index < -0.39 is 5.97 Å². The van der Waals surface area contributed by atoms with E-state index in [2.05, 4.69) is 10.4 Å². The lowest BCUT2D eigenvalue weighted by molar-refractivity contribution is 0.0525. The summed E-state index contributed by atoms with van der Waals surface area (Å²) in [7, 11) is 0. The number of nitrogens with zero attached hydrogens (tertiary/aromatic N) is 2. The van der Waals surface area contributed by atoms with Crippen LogP contribution in [0.15, 0.2) is 59.6 Å². The molecule has 1 N–H and O–H groups in total. The number of carbonyl (C=O) groups excluding carboxylic acids is 2. The Morgan fingerprint density at radius 3 is 2.61 bits per heavy atom. The van der Waals surface area contributed by atoms with E-state index in [-0.39, 0.29) is 5.91 Å². The van der Waals surface area contributed by atoms with Crippen LogP contribution in [-0.2, 0) is 4.74 Å². The fourth-order valence-electron chi connectivity index (χ4n) is 2.74. The van der Waals surface area contributed by atoms with Crippen LogP contribution >= 0.6 is 11.8 Å². The van der Waals surface area contributed by atoms with Gasteiger partial charge in [0.2, 0.25) is 0 Å². The molecular weight excluding hydrogens is 374 g/mol. The molecular formula is C21H21N3O3S. The SMILES string of the molecule is CCOC(=O)c1cnn(-c2ccc(C(=O)Nc3cccc(SC)c3)cc2)c1C. The molecule has 0 bridgehead atoms. The summed E-state index contributed by atoms with van der Waals surface area (Å²) in [6.07, 6.45) is 3.48. The molecule has 1 amide bonds. The lowest BCUT2D eigenvalue weighted by atomic mass is 10.2. The number of aromatic nitrogens is 2. The lowest BCUT2D eigenvalue weighted by Crippen LogP contribution is -2.12. The van der Waals surface area contributed by atoms with Crippen LogP contribution in [0, 0.1) is 6.92 Å². The van der Waals surface area contributed by atoms with E-state index >= 15 is 0 Å². The van der Waals surface area contributed by atoms with E-state index in [0.29, 0.717) is 23.4 Å². The zero-order valence-corrected chi connectivity index (χ0v) is 16.7. The fraction of sp³-hybridized carbons (Fsp3) is 0.190. The van der Waals surface area contributed by atoms with Crippen LogP contribution < -0.4 is 5.32 Å². The van der Waals surface area contributed by atoms with Crippen molar-refractivity contribution < 1.29 is 14.3 Å². The second-order valence-electron chi connectivity index (χ2n) is 6.01. The van der Waals surface area contributed by atoms with Gasteiger partial charge in [0.15, 0.2) is 0 Å². The highest BCUT2D eigenvalue weighted by atomic mass is 32.2. The third-order valence-electron chi connectivity index (χ3n) is 4.21. The summed E-state index contributed by atoms with van der Waals surface area (Å²) in [5.41, 5.74) is 3.16. The maximum Gasteiger partial charge on any atom is 0.341 e. The monoisotopic (exact) mass is 395 g/mol. The topological polar surface area (TPSA) is 73.2 Å². The van der Waals surface area contributed by atoms with Gasteiger partial charge in [0.25, 0.3) is 5.91 Å². The Bertz CT molecular complexity index is 996. The second-order valence-corrected chi connectivity index (χ2v) is 6.89. The Hall–Kier alpha value is -3.06. The van der Waals surface area contributed by atoms with Crippen molar-refractivity contribution in [2.75, 3.05) is 18.2 Å². The smallest absolute Gasteiger partial charge is 0.341 e. The normalized spacial score (nSPS) is 10.5. The molecule has 28 heavy (non-hydrogen) atoms. The molecule has 0 atom stereocenters. The van der Waals surface area contributed by atoms with Crippen molar-refractivity contribution in [1.82, 2.24) is 9.78 Å². The zero-order valence-electron chi connectivity index (χ0n) is 15.9. The van der Waals surface area contributed by atoms with Gasteiger partial charge in [-0.1, -0.05) is 6.07 Å². The van der Waals surface area contributed by atoms with Crippen LogP contribution in [0.4, 0.5) is 5.69 Å². The predicted octanol–water partition coefficient (Wildman–Crippen LogP) is 4.33. The summed E-state index contributed by atoms with van der Waals surface area (Å²) in [6.45, 7) is 3.88. The van der Waals surface area contributed by atoms with Crippen LogP contribution in [0.5, 0.6) is 0 Å². The van der Waals surface area contributed by atoms with Crippen molar-refractivity contribution in [2.24, 2.45) is 0 Å². The predicted molar refractivity (Wildman–Crippen MR) is 110 cm³/mol. The second kappa shape index (κ2) is 8.75. The number of ether oxygens (including phenoxy) is 1. The van der Waals surface area contributed by atoms with Gasteiger partial charge in [-0.3, -0.25) is 4.79 Å². The first-order chi connectivity index (χ1) is 13.5. The molecule has 6 nitrogen and oxygen atoms in total. The molecule has 2 aromatic carbocycles. The standard InChI is InChI=1S/C21H21N3O3S/c1-4-27-21(26)19-13-22-24(14(19)2)17-10-8-15(9-11-17)20(25)23-16-6-5-7-18(12-16)28-3/h5-13H,4H2,1-3H3,(H,23,25). The van der Waals surface area contributed by atoms with E-state index in [0.717, 1.165) is 16.3 Å². The van der Waals surface area contributed by atoms with Crippen molar-refractivity contribution in [3.63, 3.8) is 0 Å². The van der Waals surface area contributed by atoms with Gasteiger partial charge in [0, 0.05) is 16.1 Å². The van der Waals surface area contributed by atoms with E-state index in [1.165, 1.54) is 6.20 Å². The van der Waals surface area contributed by atoms with Crippen LogP contribution in [0.25, 0.3) is 5.69 Å². The molecule has 0 radical (unpaired) electrons. The third-order valence-corrected chi connectivity index (χ3v) is 4.93. The molecule has 1 heterocycles. The summed E-state index contributed by atoms with van der Waals surface area (Å²) < 4.78 is 6.68. The molecule has 7 heteroatoms. The first kappa shape index (κ1) is 19.7. The number of rotatable bonds is 6. The quantitative estimate of drug-likeness (QED) is 0.497. The number of nitrogens with one attached hydrogen (secondary N) is 1. The van der Waals surface area contributed by atoms with Gasteiger partial charge in [0.05, 0.1) is 24.2 Å². The number of amides is 1. The Labute approximate surface area is 167 Å². The molecule has 0 aliphatic carbocycles. The van der Waals surface area contributed by atoms with Crippen LogP contribution in [-0.4, -0.2) is 34.5 Å². The molecule has 0 aliphatic rings. The minimum atomic E-state index is -0.394. The largest absolute Gasteiger partial charge is 0.462 e. The molecule has 0 unspecified atom stereocenters. The van der Waals surface area contributed by atoms with Crippen molar-refractivity contribution in [3.05, 3.63) is 71.5 Å². The molecule has 3 aromatic rings. The minimum Gasteiger partial charge on any atom is -0.462 e. The van der Waals surface area contributed by atoms with E-state index in [4.69, 9.17) is 4.74 Å². The third kappa shape index (κ3) is 4.26. The van der Waals surface area contributed by atoms with Gasteiger partial charge in [-0.15, -0.1) is 11.8 Å². The highest BCUT2D eigenvalue weighted by molar-refractivity contribution is 7.98. The highest BCUT2D eigenvalue weighted by Crippen LogP contribution is 2.20. The Kier molecular flexibility index (Phi) is 6.16. The van der Waals surface area contributed by atoms with Crippen LogP contribution in [0.3, 0.4) is 0 Å². The molecule has 0 spiro atoms. The maximum atomic E-state index is 12.5. The fourth-order valence-corrected chi connectivity index (χ4v) is 3.20. The number of benzene rings is 2. The first-order valence-corrected chi connectivity index (χ1v) is 10.0. The van der Waals surface area contributed by atoms with Gasteiger partial charge in [-0.2, -0.15) is 5.10 Å². The molecule has 3 rings (SSSR count). The van der Waals surface area contributed by atoms with Crippen molar-refractivity contribution in [1.29, 1.82) is 0 Å². The van der Waals surface area contributed by atoms with E-state index in [1.807, 2.05) is 30.5 Å². The van der Waals surface area contributed by atoms with Gasteiger partial charge < -0.3 is 10.1 Å². The summed E-state index contributed by atoms with van der Waals surface area (Å²) in [5.74, 6) is -0.580. The van der Waals surface area contributed by atoms with Crippen molar-refractivity contribution in [2.45, 2.75) is 18.7 Å². The maximum absolute atomic E-state index is 12.5. The number of thioether (sulfide) groups is 1. The molecule has 144 valence electrons. The zero-order chi connectivity index (χ0) is 20.1. The number of hydrogen-bond acceptors (Lipinski definition) is 5. The molecule has 0 aliphatic heterocycles. The highest BCUT2D eigenvalue weighted by Gasteiger charge is 2.16. The summed E-state index contributed by atoms with van der Waals surface area (Å²) in [5, 5.41) is 7.16. The van der Waals surface area contributed by atoms with E-state index in [9.17, 15) is 9.59 Å². The van der Waals surface area contributed by atoms with Gasteiger partial charge in [-0.05, 0) is 62.6 Å². The van der Waals surface area contributed by atoms with Gasteiger partial charge in [-0.25, -0.2) is 9.48 Å². The Morgan fingerprint density at radius 2 is 1.93 bits per heavy atom. The van der Waals surface area contributed by atoms with Crippen molar-refractivity contribution >= 4 is 29.3 Å². The molecule has 0 saturated carbocycles. The minimum absolute atomic E-state index is 0.186.